The summed E-state index contributed by atoms with van der Waals surface area (Å²) in [6.45, 7) is 2.17. The van der Waals surface area contributed by atoms with Gasteiger partial charge in [0.15, 0.2) is 0 Å². The smallest absolute Gasteiger partial charge is 0.0880 e. The van der Waals surface area contributed by atoms with Crippen LogP contribution in [0, 0.1) is 6.92 Å². The molecule has 0 atom stereocenters. The summed E-state index contributed by atoms with van der Waals surface area (Å²) in [5.74, 6) is 0. The standard InChI is InChI=1S/C11H8S2/c1-7-6-9-8-4-2-3-5-10(8)13-11(9)12-7/h2-6H,1H3. The molecule has 0 saturated carbocycles. The maximum atomic E-state index is 2.29. The first kappa shape index (κ1) is 7.54. The highest BCUT2D eigenvalue weighted by Gasteiger charge is 2.05. The van der Waals surface area contributed by atoms with Crippen LogP contribution in [0.1, 0.15) is 4.88 Å². The van der Waals surface area contributed by atoms with Crippen LogP contribution in [-0.4, -0.2) is 0 Å². The molecule has 0 N–H and O–H groups in total. The molecule has 0 spiro atoms. The minimum atomic E-state index is 1.41. The molecule has 0 aliphatic carbocycles. The van der Waals surface area contributed by atoms with Gasteiger partial charge in [-0.05, 0) is 19.1 Å². The largest absolute Gasteiger partial charge is 0.130 e. The van der Waals surface area contributed by atoms with Crippen LogP contribution in [0.15, 0.2) is 30.3 Å². The van der Waals surface area contributed by atoms with Crippen molar-refractivity contribution in [2.45, 2.75) is 6.92 Å². The van der Waals surface area contributed by atoms with Gasteiger partial charge in [0, 0.05) is 20.3 Å². The molecule has 64 valence electrons. The topological polar surface area (TPSA) is 0 Å². The van der Waals surface area contributed by atoms with Crippen molar-refractivity contribution in [2.24, 2.45) is 0 Å². The van der Waals surface area contributed by atoms with Crippen molar-refractivity contribution in [2.75, 3.05) is 0 Å². The first-order valence-corrected chi connectivity index (χ1v) is 5.85. The molecule has 1 aromatic carbocycles. The second-order valence-corrected chi connectivity index (χ2v) is 5.72. The minimum absolute atomic E-state index is 1.41. The van der Waals surface area contributed by atoms with Gasteiger partial charge in [0.05, 0.1) is 4.01 Å². The highest BCUT2D eigenvalue weighted by atomic mass is 32.2. The van der Waals surface area contributed by atoms with Gasteiger partial charge in [-0.2, -0.15) is 0 Å². The van der Waals surface area contributed by atoms with E-state index in [2.05, 4.69) is 37.3 Å². The Hall–Kier alpha value is -0.860. The maximum Gasteiger partial charge on any atom is 0.0880 e. The average Bonchev–Trinajstić information content (AvgIpc) is 2.60. The Kier molecular flexibility index (Phi) is 1.49. The molecule has 0 unspecified atom stereocenters. The Morgan fingerprint density at radius 2 is 1.85 bits per heavy atom. The van der Waals surface area contributed by atoms with E-state index in [0.29, 0.717) is 0 Å². The van der Waals surface area contributed by atoms with Crippen LogP contribution in [0.3, 0.4) is 0 Å². The Bertz CT molecular complexity index is 572. The SMILES string of the molecule is Cc1cc2c(s1)sc1ccccc12. The van der Waals surface area contributed by atoms with E-state index < -0.39 is 0 Å². The predicted molar refractivity (Wildman–Crippen MR) is 61.9 cm³/mol. The van der Waals surface area contributed by atoms with Gasteiger partial charge < -0.3 is 0 Å². The molecule has 0 saturated heterocycles. The highest BCUT2D eigenvalue weighted by Crippen LogP contribution is 2.38. The Morgan fingerprint density at radius 3 is 2.77 bits per heavy atom. The zero-order valence-corrected chi connectivity index (χ0v) is 8.84. The van der Waals surface area contributed by atoms with E-state index in [-0.39, 0.29) is 0 Å². The summed E-state index contributed by atoms with van der Waals surface area (Å²) in [6.07, 6.45) is 0. The molecule has 0 fully saturated rings. The quantitative estimate of drug-likeness (QED) is 0.508. The molecule has 2 aromatic heterocycles. The molecule has 0 radical (unpaired) electrons. The molecule has 3 rings (SSSR count). The van der Waals surface area contributed by atoms with Crippen molar-refractivity contribution in [1.29, 1.82) is 0 Å². The molecule has 0 aliphatic heterocycles. The summed E-state index contributed by atoms with van der Waals surface area (Å²) in [7, 11) is 0. The van der Waals surface area contributed by atoms with Crippen molar-refractivity contribution >= 4 is 42.2 Å². The van der Waals surface area contributed by atoms with Crippen LogP contribution in [0.2, 0.25) is 0 Å². The average molecular weight is 204 g/mol. The summed E-state index contributed by atoms with van der Waals surface area (Å²) in [6, 6.07) is 10.9. The molecular weight excluding hydrogens is 196 g/mol. The molecule has 2 heteroatoms. The van der Waals surface area contributed by atoms with Crippen LogP contribution in [0.4, 0.5) is 0 Å². The van der Waals surface area contributed by atoms with Gasteiger partial charge in [0.25, 0.3) is 0 Å². The molecule has 0 nitrogen and oxygen atoms in total. The van der Waals surface area contributed by atoms with Crippen LogP contribution in [-0.2, 0) is 0 Å². The van der Waals surface area contributed by atoms with E-state index >= 15 is 0 Å². The van der Waals surface area contributed by atoms with Crippen LogP contribution in [0.5, 0.6) is 0 Å². The fourth-order valence-corrected chi connectivity index (χ4v) is 4.13. The second kappa shape index (κ2) is 2.56. The fourth-order valence-electron chi connectivity index (χ4n) is 1.63. The van der Waals surface area contributed by atoms with Gasteiger partial charge in [-0.1, -0.05) is 18.2 Å². The third kappa shape index (κ3) is 1.02. The van der Waals surface area contributed by atoms with Crippen LogP contribution in [0.25, 0.3) is 19.5 Å². The van der Waals surface area contributed by atoms with Gasteiger partial charge >= 0.3 is 0 Å². The summed E-state index contributed by atoms with van der Waals surface area (Å²) >= 11 is 3.80. The predicted octanol–water partition coefficient (Wildman–Crippen LogP) is 4.42. The lowest BCUT2D eigenvalue weighted by molar-refractivity contribution is 1.66. The summed E-state index contributed by atoms with van der Waals surface area (Å²) in [5.41, 5.74) is 0. The maximum absolute atomic E-state index is 2.29. The van der Waals surface area contributed by atoms with Crippen molar-refractivity contribution in [3.05, 3.63) is 35.2 Å². The Labute approximate surface area is 84.4 Å². The minimum Gasteiger partial charge on any atom is -0.130 e. The van der Waals surface area contributed by atoms with Crippen molar-refractivity contribution < 1.29 is 0 Å². The lowest BCUT2D eigenvalue weighted by atomic mass is 10.2. The number of thiophene rings is 2. The van der Waals surface area contributed by atoms with E-state index in [1.807, 2.05) is 22.7 Å². The lowest BCUT2D eigenvalue weighted by Crippen LogP contribution is -1.60. The number of fused-ring (bicyclic) bond motifs is 3. The number of hydrogen-bond acceptors (Lipinski definition) is 2. The van der Waals surface area contributed by atoms with E-state index in [4.69, 9.17) is 0 Å². The molecule has 13 heavy (non-hydrogen) atoms. The van der Waals surface area contributed by atoms with E-state index in [9.17, 15) is 0 Å². The molecular formula is C11H8S2. The highest BCUT2D eigenvalue weighted by molar-refractivity contribution is 7.41. The van der Waals surface area contributed by atoms with Crippen molar-refractivity contribution in [1.82, 2.24) is 0 Å². The fraction of sp³-hybridized carbons (Fsp3) is 0.0909. The van der Waals surface area contributed by atoms with E-state index in [1.165, 1.54) is 24.4 Å². The normalized spacial score (nSPS) is 11.5. The van der Waals surface area contributed by atoms with Crippen LogP contribution >= 0.6 is 22.7 Å². The Morgan fingerprint density at radius 1 is 1.00 bits per heavy atom. The van der Waals surface area contributed by atoms with Crippen LogP contribution < -0.4 is 0 Å². The van der Waals surface area contributed by atoms with Gasteiger partial charge in [-0.25, -0.2) is 0 Å². The van der Waals surface area contributed by atoms with Crippen molar-refractivity contribution in [3.63, 3.8) is 0 Å². The first-order valence-electron chi connectivity index (χ1n) is 4.22. The number of hydrogen-bond donors (Lipinski definition) is 0. The third-order valence-corrected chi connectivity index (χ3v) is 4.53. The number of aryl methyl sites for hydroxylation is 1. The molecule has 2 heterocycles. The third-order valence-electron chi connectivity index (χ3n) is 2.20. The monoisotopic (exact) mass is 204 g/mol. The first-order chi connectivity index (χ1) is 6.34. The van der Waals surface area contributed by atoms with Gasteiger partial charge in [0.1, 0.15) is 0 Å². The molecule has 3 aromatic rings. The molecule has 0 bridgehead atoms. The summed E-state index contributed by atoms with van der Waals surface area (Å²) < 4.78 is 2.86. The zero-order chi connectivity index (χ0) is 8.84. The number of rotatable bonds is 0. The summed E-state index contributed by atoms with van der Waals surface area (Å²) in [5, 5.41) is 2.84. The second-order valence-electron chi connectivity index (χ2n) is 3.16. The molecule has 0 amide bonds. The van der Waals surface area contributed by atoms with Gasteiger partial charge in [0.2, 0.25) is 0 Å². The summed E-state index contributed by atoms with van der Waals surface area (Å²) in [4.78, 5) is 1.41. The van der Waals surface area contributed by atoms with Gasteiger partial charge in [-0.15, -0.1) is 22.7 Å². The van der Waals surface area contributed by atoms with Gasteiger partial charge in [-0.3, -0.25) is 0 Å². The van der Waals surface area contributed by atoms with E-state index in [1.54, 1.807) is 0 Å². The Balaban J connectivity index is 2.60. The van der Waals surface area contributed by atoms with E-state index in [0.717, 1.165) is 0 Å². The zero-order valence-electron chi connectivity index (χ0n) is 7.20. The van der Waals surface area contributed by atoms with Crippen molar-refractivity contribution in [3.8, 4) is 0 Å². The lowest BCUT2D eigenvalue weighted by Gasteiger charge is -1.85. The number of benzene rings is 1. The molecule has 0 aliphatic rings.